The molecule has 2 rings (SSSR count). The van der Waals surface area contributed by atoms with Gasteiger partial charge >= 0.3 is 0 Å². The SMILES string of the molecule is CC(c1cccc(Cl)c1)N1CC(CCl)CC1=O. The van der Waals surface area contributed by atoms with Crippen LogP contribution >= 0.6 is 23.2 Å². The number of alkyl halides is 1. The van der Waals surface area contributed by atoms with Crippen LogP contribution in [0.3, 0.4) is 0 Å². The molecule has 92 valence electrons. The molecule has 2 unspecified atom stereocenters. The topological polar surface area (TPSA) is 20.3 Å². The number of carbonyl (C=O) groups is 1. The molecule has 1 amide bonds. The van der Waals surface area contributed by atoms with Gasteiger partial charge in [-0.3, -0.25) is 4.79 Å². The first-order valence-corrected chi connectivity index (χ1v) is 6.64. The fourth-order valence-electron chi connectivity index (χ4n) is 2.23. The average molecular weight is 272 g/mol. The number of hydrogen-bond donors (Lipinski definition) is 0. The highest BCUT2D eigenvalue weighted by Crippen LogP contribution is 2.29. The van der Waals surface area contributed by atoms with Gasteiger partial charge in [-0.1, -0.05) is 23.7 Å². The third-order valence-corrected chi connectivity index (χ3v) is 3.93. The highest BCUT2D eigenvalue weighted by molar-refractivity contribution is 6.30. The summed E-state index contributed by atoms with van der Waals surface area (Å²) in [4.78, 5) is 13.8. The maximum atomic E-state index is 11.9. The summed E-state index contributed by atoms with van der Waals surface area (Å²) in [5, 5.41) is 0.704. The molecule has 0 saturated carbocycles. The van der Waals surface area contributed by atoms with E-state index in [4.69, 9.17) is 23.2 Å². The largest absolute Gasteiger partial charge is 0.336 e. The van der Waals surface area contributed by atoms with Crippen molar-refractivity contribution < 1.29 is 4.79 Å². The minimum Gasteiger partial charge on any atom is -0.336 e. The van der Waals surface area contributed by atoms with Crippen molar-refractivity contribution in [3.05, 3.63) is 34.9 Å². The van der Waals surface area contributed by atoms with Crippen molar-refractivity contribution in [1.82, 2.24) is 4.90 Å². The summed E-state index contributed by atoms with van der Waals surface area (Å²) < 4.78 is 0. The number of halogens is 2. The number of benzene rings is 1. The van der Waals surface area contributed by atoms with Gasteiger partial charge in [0.25, 0.3) is 0 Å². The van der Waals surface area contributed by atoms with Crippen LogP contribution in [0.15, 0.2) is 24.3 Å². The number of rotatable bonds is 3. The van der Waals surface area contributed by atoms with Gasteiger partial charge in [-0.05, 0) is 30.5 Å². The zero-order valence-corrected chi connectivity index (χ0v) is 11.2. The van der Waals surface area contributed by atoms with E-state index in [2.05, 4.69) is 0 Å². The number of hydrogen-bond acceptors (Lipinski definition) is 1. The van der Waals surface area contributed by atoms with E-state index in [1.165, 1.54) is 0 Å². The number of nitrogens with zero attached hydrogens (tertiary/aromatic N) is 1. The minimum atomic E-state index is 0.0643. The lowest BCUT2D eigenvalue weighted by molar-refractivity contribution is -0.129. The van der Waals surface area contributed by atoms with Gasteiger partial charge in [-0.15, -0.1) is 11.6 Å². The van der Waals surface area contributed by atoms with E-state index in [-0.39, 0.29) is 17.9 Å². The highest BCUT2D eigenvalue weighted by atomic mass is 35.5. The lowest BCUT2D eigenvalue weighted by atomic mass is 10.1. The molecule has 2 atom stereocenters. The monoisotopic (exact) mass is 271 g/mol. The van der Waals surface area contributed by atoms with Crippen molar-refractivity contribution in [3.63, 3.8) is 0 Å². The van der Waals surface area contributed by atoms with E-state index >= 15 is 0 Å². The highest BCUT2D eigenvalue weighted by Gasteiger charge is 2.32. The first-order chi connectivity index (χ1) is 8.11. The smallest absolute Gasteiger partial charge is 0.223 e. The second-order valence-corrected chi connectivity index (χ2v) is 5.25. The van der Waals surface area contributed by atoms with Crippen LogP contribution in [0.2, 0.25) is 5.02 Å². The van der Waals surface area contributed by atoms with E-state index in [1.807, 2.05) is 36.1 Å². The zero-order chi connectivity index (χ0) is 12.4. The molecule has 0 radical (unpaired) electrons. The predicted octanol–water partition coefficient (Wildman–Crippen LogP) is 3.49. The maximum absolute atomic E-state index is 11.9. The lowest BCUT2D eigenvalue weighted by Gasteiger charge is -2.25. The second-order valence-electron chi connectivity index (χ2n) is 4.50. The van der Waals surface area contributed by atoms with Crippen LogP contribution in [0.1, 0.15) is 24.9 Å². The summed E-state index contributed by atoms with van der Waals surface area (Å²) in [6, 6.07) is 7.72. The van der Waals surface area contributed by atoms with Crippen LogP contribution in [0, 0.1) is 5.92 Å². The van der Waals surface area contributed by atoms with Crippen LogP contribution in [-0.4, -0.2) is 23.2 Å². The molecular formula is C13H15Cl2NO. The van der Waals surface area contributed by atoms with Gasteiger partial charge in [0.05, 0.1) is 6.04 Å². The van der Waals surface area contributed by atoms with Gasteiger partial charge in [0.2, 0.25) is 5.91 Å². The van der Waals surface area contributed by atoms with Gasteiger partial charge < -0.3 is 4.90 Å². The Kier molecular flexibility index (Phi) is 3.95. The first-order valence-electron chi connectivity index (χ1n) is 5.72. The molecule has 0 spiro atoms. The fraction of sp³-hybridized carbons (Fsp3) is 0.462. The van der Waals surface area contributed by atoms with E-state index in [1.54, 1.807) is 0 Å². The molecule has 2 nitrogen and oxygen atoms in total. The van der Waals surface area contributed by atoms with Crippen molar-refractivity contribution in [2.24, 2.45) is 5.92 Å². The maximum Gasteiger partial charge on any atom is 0.223 e. The Hall–Kier alpha value is -0.730. The van der Waals surface area contributed by atoms with Gasteiger partial charge in [0.1, 0.15) is 0 Å². The molecular weight excluding hydrogens is 257 g/mol. The molecule has 1 heterocycles. The van der Waals surface area contributed by atoms with E-state index < -0.39 is 0 Å². The molecule has 1 aromatic carbocycles. The normalized spacial score (nSPS) is 21.9. The Labute approximate surface area is 112 Å². The van der Waals surface area contributed by atoms with Crippen LogP contribution in [0.4, 0.5) is 0 Å². The second kappa shape index (κ2) is 5.28. The quantitative estimate of drug-likeness (QED) is 0.771. The molecule has 0 aromatic heterocycles. The van der Waals surface area contributed by atoms with E-state index in [0.29, 0.717) is 17.3 Å². The molecule has 1 aliphatic heterocycles. The van der Waals surface area contributed by atoms with Crippen molar-refractivity contribution >= 4 is 29.1 Å². The molecule has 0 N–H and O–H groups in total. The van der Waals surface area contributed by atoms with Crippen LogP contribution in [-0.2, 0) is 4.79 Å². The molecule has 1 aromatic rings. The Morgan fingerprint density at radius 3 is 2.88 bits per heavy atom. The number of carbonyl (C=O) groups excluding carboxylic acids is 1. The summed E-state index contributed by atoms with van der Waals surface area (Å²) in [6.45, 7) is 2.77. The first kappa shape index (κ1) is 12.7. The van der Waals surface area contributed by atoms with Crippen molar-refractivity contribution in [2.45, 2.75) is 19.4 Å². The van der Waals surface area contributed by atoms with E-state index in [0.717, 1.165) is 12.1 Å². The standard InChI is InChI=1S/C13H15Cl2NO/c1-9(11-3-2-4-12(15)6-11)16-8-10(7-14)5-13(16)17/h2-4,6,9-10H,5,7-8H2,1H3. The van der Waals surface area contributed by atoms with Crippen molar-refractivity contribution in [3.8, 4) is 0 Å². The van der Waals surface area contributed by atoms with Crippen molar-refractivity contribution in [2.75, 3.05) is 12.4 Å². The third-order valence-electron chi connectivity index (χ3n) is 3.26. The summed E-state index contributed by atoms with van der Waals surface area (Å²) in [7, 11) is 0. The van der Waals surface area contributed by atoms with Crippen LogP contribution in [0.5, 0.6) is 0 Å². The Morgan fingerprint density at radius 2 is 2.29 bits per heavy atom. The number of amides is 1. The summed E-state index contributed by atoms with van der Waals surface area (Å²) in [5.41, 5.74) is 1.07. The molecule has 1 aliphatic rings. The Morgan fingerprint density at radius 1 is 1.53 bits per heavy atom. The van der Waals surface area contributed by atoms with Crippen molar-refractivity contribution in [1.29, 1.82) is 0 Å². The average Bonchev–Trinajstić information content (AvgIpc) is 2.69. The number of likely N-dealkylation sites (tertiary alicyclic amines) is 1. The predicted molar refractivity (Wildman–Crippen MR) is 70.4 cm³/mol. The zero-order valence-electron chi connectivity index (χ0n) is 9.70. The summed E-state index contributed by atoms with van der Waals surface area (Å²) in [5.74, 6) is 1.01. The van der Waals surface area contributed by atoms with Gasteiger partial charge in [-0.25, -0.2) is 0 Å². The van der Waals surface area contributed by atoms with Gasteiger partial charge in [0, 0.05) is 23.9 Å². The van der Waals surface area contributed by atoms with Crippen LogP contribution < -0.4 is 0 Å². The summed E-state index contributed by atoms with van der Waals surface area (Å²) in [6.07, 6.45) is 0.564. The molecule has 1 fully saturated rings. The lowest BCUT2D eigenvalue weighted by Crippen LogP contribution is -2.28. The fourth-order valence-corrected chi connectivity index (χ4v) is 2.64. The summed E-state index contributed by atoms with van der Waals surface area (Å²) >= 11 is 11.8. The molecule has 0 aliphatic carbocycles. The van der Waals surface area contributed by atoms with Gasteiger partial charge in [0.15, 0.2) is 0 Å². The molecule has 17 heavy (non-hydrogen) atoms. The molecule has 1 saturated heterocycles. The molecule has 0 bridgehead atoms. The minimum absolute atomic E-state index is 0.0643. The Balaban J connectivity index is 2.15. The van der Waals surface area contributed by atoms with E-state index in [9.17, 15) is 4.79 Å². The molecule has 4 heteroatoms. The van der Waals surface area contributed by atoms with Gasteiger partial charge in [-0.2, -0.15) is 0 Å². The van der Waals surface area contributed by atoms with Crippen LogP contribution in [0.25, 0.3) is 0 Å². The Bertz CT molecular complexity index is 422. The third kappa shape index (κ3) is 2.75.